The molecule has 0 atom stereocenters. The molecule has 9 heteroatoms. The van der Waals surface area contributed by atoms with E-state index in [0.29, 0.717) is 5.13 Å². The zero-order chi connectivity index (χ0) is 24.8. The normalized spacial score (nSPS) is 12.2. The van der Waals surface area contributed by atoms with E-state index in [1.807, 2.05) is 0 Å². The molecule has 0 aliphatic heterocycles. The molecule has 0 radical (unpaired) electrons. The first-order valence-electron chi connectivity index (χ1n) is 13.0. The number of nitrogens with zero attached hydrogens (tertiary/aromatic N) is 6. The van der Waals surface area contributed by atoms with Gasteiger partial charge < -0.3 is 4.90 Å². The van der Waals surface area contributed by atoms with Gasteiger partial charge in [0.15, 0.2) is 10.1 Å². The third-order valence-corrected chi connectivity index (χ3v) is 8.14. The van der Waals surface area contributed by atoms with Gasteiger partial charge in [-0.1, -0.05) is 110 Å². The average Bonchev–Trinajstić information content (AvgIpc) is 3.44. The molecular formula is C25H44N6S3. The van der Waals surface area contributed by atoms with E-state index in [9.17, 15) is 0 Å². The van der Waals surface area contributed by atoms with Gasteiger partial charge in [-0.05, 0) is 19.3 Å². The quantitative estimate of drug-likeness (QED) is 0.117. The standard InChI is InChI=1S/C25H44N6S3/c1-7-10-13-14-15-16-19-32-23-27-22(34-30-23)29-28-21-20(25(4,5)6)26-24(33-21)31(17-11-8-2)18-12-9-3/h7-19H2,1-6H3/b29-28+. The minimum absolute atomic E-state index is 0.0937. The molecule has 0 aliphatic rings. The molecule has 0 bridgehead atoms. The second-order valence-corrected chi connectivity index (χ2v) is 12.5. The number of thioether (sulfide) groups is 1. The summed E-state index contributed by atoms with van der Waals surface area (Å²) in [5.41, 5.74) is 0.917. The zero-order valence-electron chi connectivity index (χ0n) is 22.1. The number of hydrogen-bond donors (Lipinski definition) is 0. The van der Waals surface area contributed by atoms with Crippen molar-refractivity contribution in [2.75, 3.05) is 23.7 Å². The van der Waals surface area contributed by atoms with Gasteiger partial charge in [-0.2, -0.15) is 9.36 Å². The Morgan fingerprint density at radius 2 is 1.47 bits per heavy atom. The number of hydrogen-bond acceptors (Lipinski definition) is 9. The summed E-state index contributed by atoms with van der Waals surface area (Å²) in [6, 6.07) is 0. The fraction of sp³-hybridized carbons (Fsp3) is 0.800. The Balaban J connectivity index is 2.04. The maximum absolute atomic E-state index is 5.04. The van der Waals surface area contributed by atoms with E-state index in [4.69, 9.17) is 4.98 Å². The molecule has 2 heterocycles. The third-order valence-electron chi connectivity index (χ3n) is 5.49. The monoisotopic (exact) mass is 524 g/mol. The Labute approximate surface area is 219 Å². The van der Waals surface area contributed by atoms with Gasteiger partial charge in [0.05, 0.1) is 5.69 Å². The molecule has 2 aromatic rings. The molecule has 0 saturated heterocycles. The van der Waals surface area contributed by atoms with Crippen molar-refractivity contribution >= 4 is 49.9 Å². The molecule has 6 nitrogen and oxygen atoms in total. The van der Waals surface area contributed by atoms with Crippen LogP contribution in [-0.4, -0.2) is 33.2 Å². The summed E-state index contributed by atoms with van der Waals surface area (Å²) in [6.07, 6.45) is 12.6. The molecule has 0 aliphatic carbocycles. The molecule has 34 heavy (non-hydrogen) atoms. The predicted molar refractivity (Wildman–Crippen MR) is 151 cm³/mol. The molecule has 0 N–H and O–H groups in total. The van der Waals surface area contributed by atoms with Gasteiger partial charge in [-0.3, -0.25) is 0 Å². The van der Waals surface area contributed by atoms with Crippen LogP contribution in [0.5, 0.6) is 0 Å². The van der Waals surface area contributed by atoms with Crippen LogP contribution in [0.15, 0.2) is 15.4 Å². The highest BCUT2D eigenvalue weighted by Gasteiger charge is 2.25. The minimum atomic E-state index is -0.0937. The smallest absolute Gasteiger partial charge is 0.250 e. The van der Waals surface area contributed by atoms with E-state index in [1.54, 1.807) is 23.1 Å². The van der Waals surface area contributed by atoms with Crippen LogP contribution < -0.4 is 4.90 Å². The number of thiazole rings is 1. The lowest BCUT2D eigenvalue weighted by atomic mass is 9.93. The van der Waals surface area contributed by atoms with Crippen molar-refractivity contribution in [1.29, 1.82) is 0 Å². The second kappa shape index (κ2) is 15.8. The molecule has 0 spiro atoms. The van der Waals surface area contributed by atoms with Crippen LogP contribution in [0.25, 0.3) is 0 Å². The molecule has 0 fully saturated rings. The number of rotatable bonds is 17. The Morgan fingerprint density at radius 1 is 0.824 bits per heavy atom. The fourth-order valence-corrected chi connectivity index (χ4v) is 6.05. The zero-order valence-corrected chi connectivity index (χ0v) is 24.5. The second-order valence-electron chi connectivity index (χ2n) is 9.77. The van der Waals surface area contributed by atoms with Crippen molar-refractivity contribution in [3.63, 3.8) is 0 Å². The van der Waals surface area contributed by atoms with E-state index in [2.05, 4.69) is 66.0 Å². The number of unbranched alkanes of at least 4 members (excludes halogenated alkanes) is 7. The Morgan fingerprint density at radius 3 is 2.12 bits per heavy atom. The van der Waals surface area contributed by atoms with Crippen molar-refractivity contribution < 1.29 is 0 Å². The van der Waals surface area contributed by atoms with Gasteiger partial charge in [-0.15, -0.1) is 10.2 Å². The first-order chi connectivity index (χ1) is 16.4. The predicted octanol–water partition coefficient (Wildman–Crippen LogP) is 9.57. The van der Waals surface area contributed by atoms with Crippen LogP contribution in [0.1, 0.15) is 111 Å². The van der Waals surface area contributed by atoms with Gasteiger partial charge in [0.1, 0.15) is 0 Å². The molecule has 2 aromatic heterocycles. The van der Waals surface area contributed by atoms with E-state index in [0.717, 1.165) is 39.8 Å². The van der Waals surface area contributed by atoms with Gasteiger partial charge in [0.2, 0.25) is 10.3 Å². The van der Waals surface area contributed by atoms with Crippen molar-refractivity contribution in [2.24, 2.45) is 10.2 Å². The van der Waals surface area contributed by atoms with Crippen LogP contribution in [0.2, 0.25) is 0 Å². The van der Waals surface area contributed by atoms with Crippen LogP contribution in [0.4, 0.5) is 15.3 Å². The first-order valence-corrected chi connectivity index (χ1v) is 15.6. The van der Waals surface area contributed by atoms with Crippen molar-refractivity contribution in [1.82, 2.24) is 14.3 Å². The molecule has 0 unspecified atom stereocenters. The highest BCUT2D eigenvalue weighted by molar-refractivity contribution is 7.99. The summed E-state index contributed by atoms with van der Waals surface area (Å²) in [5.74, 6) is 1.07. The third kappa shape index (κ3) is 10.3. The summed E-state index contributed by atoms with van der Waals surface area (Å²) >= 11 is 4.70. The topological polar surface area (TPSA) is 66.6 Å². The summed E-state index contributed by atoms with van der Waals surface area (Å²) in [7, 11) is 0. The number of anilines is 1. The SMILES string of the molecule is CCCCCCCCSc1nsc(/N=N/c2sc(N(CCCC)CCCC)nc2C(C)(C)C)n1. The Bertz CT molecular complexity index is 832. The summed E-state index contributed by atoms with van der Waals surface area (Å²) in [6.45, 7) is 15.4. The molecule has 0 saturated carbocycles. The molecular weight excluding hydrogens is 481 g/mol. The van der Waals surface area contributed by atoms with E-state index in [-0.39, 0.29) is 5.41 Å². The Hall–Kier alpha value is -1.06. The van der Waals surface area contributed by atoms with Crippen molar-refractivity contribution in [2.45, 2.75) is 116 Å². The van der Waals surface area contributed by atoms with Gasteiger partial charge in [0, 0.05) is 35.8 Å². The lowest BCUT2D eigenvalue weighted by molar-refractivity contribution is 0.571. The van der Waals surface area contributed by atoms with E-state index in [1.165, 1.54) is 75.7 Å². The van der Waals surface area contributed by atoms with Crippen molar-refractivity contribution in [3.8, 4) is 0 Å². The van der Waals surface area contributed by atoms with Gasteiger partial charge in [-0.25, -0.2) is 4.98 Å². The first kappa shape index (κ1) is 29.2. The van der Waals surface area contributed by atoms with Crippen LogP contribution in [0, 0.1) is 0 Å². The Kier molecular flexibility index (Phi) is 13.6. The minimum Gasteiger partial charge on any atom is -0.348 e. The van der Waals surface area contributed by atoms with Crippen molar-refractivity contribution in [3.05, 3.63) is 5.69 Å². The molecule has 0 aromatic carbocycles. The highest BCUT2D eigenvalue weighted by Crippen LogP contribution is 2.41. The van der Waals surface area contributed by atoms with Gasteiger partial charge >= 0.3 is 0 Å². The average molecular weight is 525 g/mol. The maximum Gasteiger partial charge on any atom is 0.250 e. The largest absolute Gasteiger partial charge is 0.348 e. The van der Waals surface area contributed by atoms with Crippen LogP contribution in [0.3, 0.4) is 0 Å². The van der Waals surface area contributed by atoms with E-state index < -0.39 is 0 Å². The lowest BCUT2D eigenvalue weighted by Crippen LogP contribution is -2.25. The summed E-state index contributed by atoms with van der Waals surface area (Å²) < 4.78 is 4.47. The number of azo groups is 1. The van der Waals surface area contributed by atoms with Gasteiger partial charge in [0.25, 0.3) is 0 Å². The fourth-order valence-electron chi connectivity index (χ4n) is 3.43. The highest BCUT2D eigenvalue weighted by atomic mass is 32.2. The summed E-state index contributed by atoms with van der Waals surface area (Å²) in [4.78, 5) is 12.0. The van der Waals surface area contributed by atoms with Crippen LogP contribution in [-0.2, 0) is 5.41 Å². The number of aromatic nitrogens is 3. The molecule has 0 amide bonds. The maximum atomic E-state index is 5.04. The van der Waals surface area contributed by atoms with Crippen LogP contribution >= 0.6 is 34.6 Å². The van der Waals surface area contributed by atoms with E-state index >= 15 is 0 Å². The molecule has 192 valence electrons. The molecule has 2 rings (SSSR count). The lowest BCUT2D eigenvalue weighted by Gasteiger charge is -2.21. The summed E-state index contributed by atoms with van der Waals surface area (Å²) in [5, 5.41) is 12.5.